The third kappa shape index (κ3) is 2.10. The van der Waals surface area contributed by atoms with Crippen LogP contribution in [0.2, 0.25) is 5.02 Å². The van der Waals surface area contributed by atoms with Crippen molar-refractivity contribution in [2.24, 2.45) is 0 Å². The van der Waals surface area contributed by atoms with Crippen LogP contribution >= 0.6 is 11.6 Å². The molecular formula is C12H14ClN3. The van der Waals surface area contributed by atoms with Gasteiger partial charge in [0.1, 0.15) is 0 Å². The third-order valence-corrected chi connectivity index (χ3v) is 2.76. The van der Waals surface area contributed by atoms with Gasteiger partial charge in [-0.05, 0) is 26.1 Å². The Balaban J connectivity index is 2.43. The van der Waals surface area contributed by atoms with Gasteiger partial charge in [0.05, 0.1) is 22.6 Å². The van der Waals surface area contributed by atoms with Crippen LogP contribution in [0.3, 0.4) is 0 Å². The zero-order valence-corrected chi connectivity index (χ0v) is 10.1. The SMILES string of the molecule is CNCc1c(Cl)cnn1-c1ccc(C)cc1. The van der Waals surface area contributed by atoms with Crippen molar-refractivity contribution in [3.8, 4) is 5.69 Å². The van der Waals surface area contributed by atoms with Crippen molar-refractivity contribution in [3.63, 3.8) is 0 Å². The molecule has 0 amide bonds. The van der Waals surface area contributed by atoms with Crippen molar-refractivity contribution in [2.45, 2.75) is 13.5 Å². The van der Waals surface area contributed by atoms with Gasteiger partial charge in [-0.2, -0.15) is 5.10 Å². The minimum Gasteiger partial charge on any atom is -0.314 e. The molecule has 0 unspecified atom stereocenters. The molecule has 1 N–H and O–H groups in total. The smallest absolute Gasteiger partial charge is 0.0835 e. The molecule has 0 bridgehead atoms. The van der Waals surface area contributed by atoms with Gasteiger partial charge >= 0.3 is 0 Å². The Kier molecular flexibility index (Phi) is 3.27. The van der Waals surface area contributed by atoms with Crippen LogP contribution in [0.25, 0.3) is 5.69 Å². The lowest BCUT2D eigenvalue weighted by Crippen LogP contribution is -2.11. The van der Waals surface area contributed by atoms with Crippen molar-refractivity contribution in [2.75, 3.05) is 7.05 Å². The number of aromatic nitrogens is 2. The largest absolute Gasteiger partial charge is 0.314 e. The molecule has 3 nitrogen and oxygen atoms in total. The van der Waals surface area contributed by atoms with E-state index in [0.29, 0.717) is 11.6 Å². The van der Waals surface area contributed by atoms with Gasteiger partial charge in [0.25, 0.3) is 0 Å². The summed E-state index contributed by atoms with van der Waals surface area (Å²) in [6, 6.07) is 8.21. The van der Waals surface area contributed by atoms with Crippen molar-refractivity contribution < 1.29 is 0 Å². The molecule has 1 heterocycles. The zero-order chi connectivity index (χ0) is 11.5. The maximum Gasteiger partial charge on any atom is 0.0835 e. The van der Waals surface area contributed by atoms with Gasteiger partial charge in [0, 0.05) is 6.54 Å². The van der Waals surface area contributed by atoms with E-state index in [1.165, 1.54) is 5.56 Å². The molecule has 0 saturated heterocycles. The average molecular weight is 236 g/mol. The molecule has 0 aliphatic rings. The Hall–Kier alpha value is -1.32. The molecule has 0 radical (unpaired) electrons. The van der Waals surface area contributed by atoms with E-state index in [1.54, 1.807) is 6.20 Å². The number of benzene rings is 1. The highest BCUT2D eigenvalue weighted by Crippen LogP contribution is 2.19. The van der Waals surface area contributed by atoms with E-state index in [2.05, 4.69) is 29.5 Å². The first-order chi connectivity index (χ1) is 7.72. The van der Waals surface area contributed by atoms with Gasteiger partial charge in [0.2, 0.25) is 0 Å². The molecule has 0 aliphatic carbocycles. The van der Waals surface area contributed by atoms with E-state index in [1.807, 2.05) is 23.9 Å². The summed E-state index contributed by atoms with van der Waals surface area (Å²) in [6.45, 7) is 2.76. The van der Waals surface area contributed by atoms with Gasteiger partial charge in [-0.15, -0.1) is 0 Å². The summed E-state index contributed by atoms with van der Waals surface area (Å²) in [7, 11) is 1.89. The third-order valence-electron chi connectivity index (χ3n) is 2.44. The Morgan fingerprint density at radius 2 is 2.00 bits per heavy atom. The van der Waals surface area contributed by atoms with E-state index in [4.69, 9.17) is 11.6 Å². The van der Waals surface area contributed by atoms with Crippen molar-refractivity contribution >= 4 is 11.6 Å². The van der Waals surface area contributed by atoms with Crippen LogP contribution in [0.1, 0.15) is 11.3 Å². The zero-order valence-electron chi connectivity index (χ0n) is 9.37. The lowest BCUT2D eigenvalue weighted by Gasteiger charge is -2.07. The molecule has 0 aliphatic heterocycles. The Labute approximate surface area is 100 Å². The van der Waals surface area contributed by atoms with E-state index < -0.39 is 0 Å². The van der Waals surface area contributed by atoms with Crippen molar-refractivity contribution in [1.82, 2.24) is 15.1 Å². The molecule has 0 spiro atoms. The van der Waals surface area contributed by atoms with Crippen molar-refractivity contribution in [1.29, 1.82) is 0 Å². The van der Waals surface area contributed by atoms with Gasteiger partial charge in [-0.1, -0.05) is 29.3 Å². The summed E-state index contributed by atoms with van der Waals surface area (Å²) in [5, 5.41) is 8.06. The lowest BCUT2D eigenvalue weighted by atomic mass is 10.2. The van der Waals surface area contributed by atoms with E-state index in [0.717, 1.165) is 11.4 Å². The molecule has 84 valence electrons. The number of hydrogen-bond donors (Lipinski definition) is 1. The number of nitrogens with zero attached hydrogens (tertiary/aromatic N) is 2. The second-order valence-corrected chi connectivity index (χ2v) is 4.12. The Bertz CT molecular complexity index is 474. The van der Waals surface area contributed by atoms with E-state index >= 15 is 0 Å². The predicted octanol–water partition coefficient (Wildman–Crippen LogP) is 2.55. The molecular weight excluding hydrogens is 222 g/mol. The number of nitrogens with one attached hydrogen (secondary N) is 1. The minimum absolute atomic E-state index is 0.690. The second kappa shape index (κ2) is 4.68. The standard InChI is InChI=1S/C12H14ClN3/c1-9-3-5-10(6-4-9)16-12(8-14-2)11(13)7-15-16/h3-7,14H,8H2,1-2H3. The number of rotatable bonds is 3. The minimum atomic E-state index is 0.690. The van der Waals surface area contributed by atoms with Crippen molar-refractivity contribution in [3.05, 3.63) is 46.7 Å². The summed E-state index contributed by atoms with van der Waals surface area (Å²) in [5.41, 5.74) is 3.24. The predicted molar refractivity (Wildman–Crippen MR) is 66.1 cm³/mol. The number of halogens is 1. The first kappa shape index (κ1) is 11.2. The van der Waals surface area contributed by atoms with Crippen LogP contribution in [0.5, 0.6) is 0 Å². The molecule has 0 fully saturated rings. The van der Waals surface area contributed by atoms with Gasteiger partial charge in [-0.3, -0.25) is 0 Å². The van der Waals surface area contributed by atoms with Gasteiger partial charge < -0.3 is 5.32 Å². The van der Waals surface area contributed by atoms with Gasteiger partial charge in [-0.25, -0.2) is 4.68 Å². The summed E-state index contributed by atoms with van der Waals surface area (Å²) in [5.74, 6) is 0. The fourth-order valence-corrected chi connectivity index (χ4v) is 1.78. The van der Waals surface area contributed by atoms with Crippen LogP contribution < -0.4 is 5.32 Å². The van der Waals surface area contributed by atoms with Crippen LogP contribution in [0.15, 0.2) is 30.5 Å². The first-order valence-electron chi connectivity index (χ1n) is 5.16. The maximum atomic E-state index is 6.08. The highest BCUT2D eigenvalue weighted by molar-refractivity contribution is 6.31. The summed E-state index contributed by atoms with van der Waals surface area (Å²) in [6.07, 6.45) is 1.67. The molecule has 0 atom stereocenters. The average Bonchev–Trinajstić information content (AvgIpc) is 2.63. The van der Waals surface area contributed by atoms with E-state index in [-0.39, 0.29) is 0 Å². The molecule has 2 rings (SSSR count). The summed E-state index contributed by atoms with van der Waals surface area (Å²) in [4.78, 5) is 0. The number of aryl methyl sites for hydroxylation is 1. The maximum absolute atomic E-state index is 6.08. The van der Waals surface area contributed by atoms with Crippen LogP contribution in [-0.4, -0.2) is 16.8 Å². The fraction of sp³-hybridized carbons (Fsp3) is 0.250. The monoisotopic (exact) mass is 235 g/mol. The topological polar surface area (TPSA) is 29.9 Å². The lowest BCUT2D eigenvalue weighted by molar-refractivity contribution is 0.729. The van der Waals surface area contributed by atoms with Crippen LogP contribution in [0.4, 0.5) is 0 Å². The fourth-order valence-electron chi connectivity index (χ4n) is 1.59. The number of hydrogen-bond acceptors (Lipinski definition) is 2. The second-order valence-electron chi connectivity index (χ2n) is 3.72. The highest BCUT2D eigenvalue weighted by atomic mass is 35.5. The molecule has 4 heteroatoms. The molecule has 1 aromatic carbocycles. The molecule has 0 saturated carbocycles. The van der Waals surface area contributed by atoms with Crippen LogP contribution in [-0.2, 0) is 6.54 Å². The normalized spacial score (nSPS) is 10.7. The summed E-state index contributed by atoms with van der Waals surface area (Å²) >= 11 is 6.08. The highest BCUT2D eigenvalue weighted by Gasteiger charge is 2.09. The first-order valence-corrected chi connectivity index (χ1v) is 5.54. The van der Waals surface area contributed by atoms with Crippen LogP contribution in [0, 0.1) is 6.92 Å². The van der Waals surface area contributed by atoms with Gasteiger partial charge in [0.15, 0.2) is 0 Å². The van der Waals surface area contributed by atoms with E-state index in [9.17, 15) is 0 Å². The Morgan fingerprint density at radius 1 is 1.31 bits per heavy atom. The summed E-state index contributed by atoms with van der Waals surface area (Å²) < 4.78 is 1.86. The quantitative estimate of drug-likeness (QED) is 0.886. The molecule has 1 aromatic heterocycles. The molecule has 16 heavy (non-hydrogen) atoms. The Morgan fingerprint density at radius 3 is 2.62 bits per heavy atom. The molecule has 2 aromatic rings.